The van der Waals surface area contributed by atoms with E-state index >= 15 is 0 Å². The number of hydrogen-bond donors (Lipinski definition) is 1. The Morgan fingerprint density at radius 3 is 2.45 bits per heavy atom. The molecule has 1 N–H and O–H groups in total. The van der Waals surface area contributed by atoms with Gasteiger partial charge in [0.25, 0.3) is 11.7 Å². The number of amides is 1. The topological polar surface area (TPSA) is 79.3 Å². The van der Waals surface area contributed by atoms with Crippen molar-refractivity contribution in [2.24, 2.45) is 0 Å². The van der Waals surface area contributed by atoms with E-state index in [1.807, 2.05) is 37.2 Å². The summed E-state index contributed by atoms with van der Waals surface area (Å²) in [6.45, 7) is 3.59. The number of carbonyl (C=O) groups is 2. The molecule has 176 valence electrons. The minimum atomic E-state index is -0.694. The van der Waals surface area contributed by atoms with Crippen LogP contribution in [0.5, 0.6) is 11.5 Å². The number of unbranched alkanes of at least 4 members (excludes halogenated alkanes) is 1. The molecule has 0 bridgehead atoms. The van der Waals surface area contributed by atoms with E-state index in [0.29, 0.717) is 36.8 Å². The Labute approximate surface area is 195 Å². The van der Waals surface area contributed by atoms with Crippen LogP contribution in [-0.4, -0.2) is 67.5 Å². The van der Waals surface area contributed by atoms with E-state index in [1.54, 1.807) is 37.4 Å². The van der Waals surface area contributed by atoms with Gasteiger partial charge in [0, 0.05) is 18.7 Å². The molecule has 7 heteroatoms. The van der Waals surface area contributed by atoms with Gasteiger partial charge >= 0.3 is 0 Å². The predicted molar refractivity (Wildman–Crippen MR) is 127 cm³/mol. The van der Waals surface area contributed by atoms with Crippen molar-refractivity contribution in [3.05, 3.63) is 65.2 Å². The van der Waals surface area contributed by atoms with Gasteiger partial charge in [-0.25, -0.2) is 0 Å². The molecule has 0 radical (unpaired) electrons. The lowest BCUT2D eigenvalue weighted by Gasteiger charge is -2.26. The molecule has 2 aromatic carbocycles. The minimum absolute atomic E-state index is 0.0784. The van der Waals surface area contributed by atoms with E-state index in [9.17, 15) is 14.7 Å². The van der Waals surface area contributed by atoms with Crippen LogP contribution in [0.3, 0.4) is 0 Å². The number of likely N-dealkylation sites (tertiary alicyclic amines) is 1. The highest BCUT2D eigenvalue weighted by molar-refractivity contribution is 6.46. The first kappa shape index (κ1) is 24.3. The minimum Gasteiger partial charge on any atom is -0.507 e. The van der Waals surface area contributed by atoms with Gasteiger partial charge in [-0.2, -0.15) is 0 Å². The van der Waals surface area contributed by atoms with Crippen LogP contribution in [-0.2, 0) is 9.59 Å². The lowest BCUT2D eigenvalue weighted by Crippen LogP contribution is -2.35. The van der Waals surface area contributed by atoms with E-state index in [1.165, 1.54) is 4.90 Å². The molecule has 0 saturated carbocycles. The highest BCUT2D eigenvalue weighted by atomic mass is 16.5. The summed E-state index contributed by atoms with van der Waals surface area (Å²) in [7, 11) is 5.39. The van der Waals surface area contributed by atoms with Crippen LogP contribution in [0.2, 0.25) is 0 Å². The Morgan fingerprint density at radius 2 is 1.82 bits per heavy atom. The monoisotopic (exact) mass is 452 g/mol. The fourth-order valence-corrected chi connectivity index (χ4v) is 3.77. The predicted octanol–water partition coefficient (Wildman–Crippen LogP) is 3.86. The molecule has 7 nitrogen and oxygen atoms in total. The number of hydrogen-bond acceptors (Lipinski definition) is 6. The molecule has 0 aromatic heterocycles. The Hall–Kier alpha value is -3.32. The number of aliphatic hydroxyl groups is 1. The first-order valence-electron chi connectivity index (χ1n) is 11.2. The summed E-state index contributed by atoms with van der Waals surface area (Å²) in [6.07, 6.45) is 1.93. The zero-order chi connectivity index (χ0) is 24.0. The van der Waals surface area contributed by atoms with Gasteiger partial charge in [0.1, 0.15) is 17.3 Å². The third-order valence-corrected chi connectivity index (χ3v) is 5.63. The van der Waals surface area contributed by atoms with Crippen molar-refractivity contribution >= 4 is 17.4 Å². The number of Topliss-reactive ketones (excluding diaryl/α,β-unsaturated/α-hetero) is 1. The lowest BCUT2D eigenvalue weighted by molar-refractivity contribution is -0.140. The average Bonchev–Trinajstić information content (AvgIpc) is 3.07. The van der Waals surface area contributed by atoms with Gasteiger partial charge in [-0.15, -0.1) is 0 Å². The summed E-state index contributed by atoms with van der Waals surface area (Å²) < 4.78 is 11.0. The van der Waals surface area contributed by atoms with Crippen LogP contribution in [0, 0.1) is 0 Å². The standard InChI is InChI=1S/C26H32N2O5/c1-5-6-16-33-21-9-7-8-19(17-21)24(29)22-23(18-10-12-20(32-4)13-11-18)28(15-14-27(2)3)26(31)25(22)30/h7-13,17,23,29H,5-6,14-16H2,1-4H3/b24-22+. The molecule has 33 heavy (non-hydrogen) atoms. The molecule has 0 spiro atoms. The number of carbonyl (C=O) groups excluding carboxylic acids is 2. The lowest BCUT2D eigenvalue weighted by atomic mass is 9.95. The van der Waals surface area contributed by atoms with Gasteiger partial charge in [0.2, 0.25) is 0 Å². The summed E-state index contributed by atoms with van der Waals surface area (Å²) in [5.74, 6) is -0.238. The summed E-state index contributed by atoms with van der Waals surface area (Å²) in [6, 6.07) is 13.5. The molecule has 1 aliphatic rings. The quantitative estimate of drug-likeness (QED) is 0.255. The van der Waals surface area contributed by atoms with Gasteiger partial charge in [-0.1, -0.05) is 37.6 Å². The molecule has 1 atom stereocenters. The van der Waals surface area contributed by atoms with Crippen molar-refractivity contribution in [1.29, 1.82) is 0 Å². The van der Waals surface area contributed by atoms with Crippen molar-refractivity contribution in [3.63, 3.8) is 0 Å². The molecule has 1 aliphatic heterocycles. The smallest absolute Gasteiger partial charge is 0.295 e. The number of rotatable bonds is 10. The summed E-state index contributed by atoms with van der Waals surface area (Å²) in [5, 5.41) is 11.2. The Bertz CT molecular complexity index is 1010. The summed E-state index contributed by atoms with van der Waals surface area (Å²) >= 11 is 0. The molecular formula is C26H32N2O5. The van der Waals surface area contributed by atoms with E-state index in [0.717, 1.165) is 18.4 Å². The second-order valence-corrected chi connectivity index (χ2v) is 8.30. The highest BCUT2D eigenvalue weighted by Gasteiger charge is 2.45. The first-order chi connectivity index (χ1) is 15.9. The molecule has 1 saturated heterocycles. The average molecular weight is 453 g/mol. The number of methoxy groups -OCH3 is 1. The Balaban J connectivity index is 2.05. The number of ether oxygens (including phenoxy) is 2. The maximum Gasteiger partial charge on any atom is 0.295 e. The maximum absolute atomic E-state index is 13.1. The van der Waals surface area contributed by atoms with Crippen molar-refractivity contribution in [2.45, 2.75) is 25.8 Å². The third kappa shape index (κ3) is 5.54. The van der Waals surface area contributed by atoms with Gasteiger partial charge in [-0.3, -0.25) is 9.59 Å². The number of likely N-dealkylation sites (N-methyl/N-ethyl adjacent to an activating group) is 1. The largest absolute Gasteiger partial charge is 0.507 e. The SMILES string of the molecule is CCCCOc1cccc(/C(O)=C2\C(=O)C(=O)N(CCN(C)C)C2c2ccc(OC)cc2)c1. The van der Waals surface area contributed by atoms with Crippen molar-refractivity contribution in [2.75, 3.05) is 40.9 Å². The van der Waals surface area contributed by atoms with Crippen LogP contribution >= 0.6 is 0 Å². The van der Waals surface area contributed by atoms with Crippen LogP contribution in [0.15, 0.2) is 54.1 Å². The molecule has 3 rings (SSSR count). The van der Waals surface area contributed by atoms with Crippen LogP contribution < -0.4 is 9.47 Å². The molecule has 1 amide bonds. The van der Waals surface area contributed by atoms with E-state index < -0.39 is 17.7 Å². The zero-order valence-corrected chi connectivity index (χ0v) is 19.7. The van der Waals surface area contributed by atoms with Crippen molar-refractivity contribution in [1.82, 2.24) is 9.80 Å². The fraction of sp³-hybridized carbons (Fsp3) is 0.385. The van der Waals surface area contributed by atoms with Gasteiger partial charge in [0.05, 0.1) is 25.3 Å². The summed E-state index contributed by atoms with van der Waals surface area (Å²) in [4.78, 5) is 29.5. The normalized spacial score (nSPS) is 17.6. The zero-order valence-electron chi connectivity index (χ0n) is 19.7. The van der Waals surface area contributed by atoms with Gasteiger partial charge in [0.15, 0.2) is 0 Å². The second-order valence-electron chi connectivity index (χ2n) is 8.30. The van der Waals surface area contributed by atoms with E-state index in [2.05, 4.69) is 6.92 Å². The van der Waals surface area contributed by atoms with E-state index in [4.69, 9.17) is 9.47 Å². The third-order valence-electron chi connectivity index (χ3n) is 5.63. The maximum atomic E-state index is 13.1. The number of aliphatic hydroxyl groups excluding tert-OH is 1. The van der Waals surface area contributed by atoms with Crippen molar-refractivity contribution in [3.8, 4) is 11.5 Å². The van der Waals surface area contributed by atoms with Crippen molar-refractivity contribution < 1.29 is 24.2 Å². The van der Waals surface area contributed by atoms with E-state index in [-0.39, 0.29) is 11.3 Å². The molecular weight excluding hydrogens is 420 g/mol. The Morgan fingerprint density at radius 1 is 1.09 bits per heavy atom. The Kier molecular flexibility index (Phi) is 8.11. The molecule has 2 aromatic rings. The number of benzene rings is 2. The number of nitrogens with zero attached hydrogens (tertiary/aromatic N) is 2. The molecule has 1 unspecified atom stereocenters. The first-order valence-corrected chi connectivity index (χ1v) is 11.2. The summed E-state index contributed by atoms with van der Waals surface area (Å²) in [5.41, 5.74) is 1.24. The fourth-order valence-electron chi connectivity index (χ4n) is 3.77. The van der Waals surface area contributed by atoms with Crippen LogP contribution in [0.1, 0.15) is 36.9 Å². The molecule has 1 heterocycles. The number of ketones is 1. The van der Waals surface area contributed by atoms with Gasteiger partial charge in [-0.05, 0) is 50.3 Å². The molecule has 0 aliphatic carbocycles. The molecule has 1 fully saturated rings. The highest BCUT2D eigenvalue weighted by Crippen LogP contribution is 2.40. The second kappa shape index (κ2) is 11.0. The van der Waals surface area contributed by atoms with Crippen LogP contribution in [0.25, 0.3) is 5.76 Å². The van der Waals surface area contributed by atoms with Gasteiger partial charge < -0.3 is 24.4 Å². The van der Waals surface area contributed by atoms with Crippen LogP contribution in [0.4, 0.5) is 0 Å².